The van der Waals surface area contributed by atoms with Crippen LogP contribution in [-0.2, 0) is 12.8 Å². The predicted molar refractivity (Wildman–Crippen MR) is 99.6 cm³/mol. The minimum Gasteiger partial charge on any atom is -0.495 e. The van der Waals surface area contributed by atoms with Crippen LogP contribution in [0.2, 0.25) is 0 Å². The summed E-state index contributed by atoms with van der Waals surface area (Å²) < 4.78 is 5.49. The molecule has 0 saturated carbocycles. The van der Waals surface area contributed by atoms with Gasteiger partial charge in [-0.2, -0.15) is 0 Å². The molecule has 24 heavy (non-hydrogen) atoms. The Balaban J connectivity index is 1.82. The zero-order valence-corrected chi connectivity index (χ0v) is 15.0. The summed E-state index contributed by atoms with van der Waals surface area (Å²) in [6, 6.07) is 6.13. The molecule has 0 aliphatic heterocycles. The van der Waals surface area contributed by atoms with Crippen LogP contribution < -0.4 is 10.1 Å². The number of aryl methyl sites for hydroxylation is 2. The van der Waals surface area contributed by atoms with Crippen molar-refractivity contribution in [2.75, 3.05) is 12.4 Å². The lowest BCUT2D eigenvalue weighted by atomic mass is 9.89. The molecule has 5 heteroatoms. The van der Waals surface area contributed by atoms with Gasteiger partial charge in [0.2, 0.25) is 0 Å². The number of methoxy groups -OCH3 is 1. The third-order valence-corrected chi connectivity index (χ3v) is 5.86. The number of thiophene rings is 1. The molecule has 2 heterocycles. The average molecular weight is 339 g/mol. The van der Waals surface area contributed by atoms with Crippen molar-refractivity contribution in [3.05, 3.63) is 40.5 Å². The van der Waals surface area contributed by atoms with Gasteiger partial charge in [-0.3, -0.25) is 0 Å². The summed E-state index contributed by atoms with van der Waals surface area (Å²) in [6.07, 6.45) is 5.16. The molecule has 0 bridgehead atoms. The first-order valence-electron chi connectivity index (χ1n) is 8.32. The Morgan fingerprint density at radius 2 is 2.17 bits per heavy atom. The Bertz CT molecular complexity index is 903. The van der Waals surface area contributed by atoms with Gasteiger partial charge in [0.25, 0.3) is 0 Å². The van der Waals surface area contributed by atoms with E-state index in [1.165, 1.54) is 27.8 Å². The van der Waals surface area contributed by atoms with E-state index >= 15 is 0 Å². The molecule has 0 spiro atoms. The highest BCUT2D eigenvalue weighted by atomic mass is 32.1. The quantitative estimate of drug-likeness (QED) is 0.739. The van der Waals surface area contributed by atoms with Gasteiger partial charge < -0.3 is 10.1 Å². The molecule has 4 nitrogen and oxygen atoms in total. The third-order valence-electron chi connectivity index (χ3n) is 4.70. The summed E-state index contributed by atoms with van der Waals surface area (Å²) in [6.45, 7) is 4.41. The minimum atomic E-state index is 0.756. The van der Waals surface area contributed by atoms with Gasteiger partial charge in [0, 0.05) is 4.88 Å². The summed E-state index contributed by atoms with van der Waals surface area (Å²) in [5, 5.41) is 4.67. The average Bonchev–Trinajstić information content (AvgIpc) is 2.93. The smallest absolute Gasteiger partial charge is 0.142 e. The Kier molecular flexibility index (Phi) is 3.88. The van der Waals surface area contributed by atoms with Crippen LogP contribution in [0.25, 0.3) is 10.2 Å². The first-order valence-corrected chi connectivity index (χ1v) is 9.14. The summed E-state index contributed by atoms with van der Waals surface area (Å²) in [5.74, 6) is 2.47. The molecule has 1 N–H and O–H groups in total. The van der Waals surface area contributed by atoms with Crippen LogP contribution in [0.15, 0.2) is 24.5 Å². The van der Waals surface area contributed by atoms with Crippen molar-refractivity contribution in [1.29, 1.82) is 0 Å². The summed E-state index contributed by atoms with van der Waals surface area (Å²) in [7, 11) is 1.69. The number of benzene rings is 1. The van der Waals surface area contributed by atoms with E-state index < -0.39 is 0 Å². The summed E-state index contributed by atoms with van der Waals surface area (Å²) >= 11 is 1.82. The van der Waals surface area contributed by atoms with Crippen molar-refractivity contribution < 1.29 is 4.74 Å². The van der Waals surface area contributed by atoms with E-state index in [1.807, 2.05) is 23.5 Å². The van der Waals surface area contributed by atoms with Crippen LogP contribution in [0, 0.1) is 12.8 Å². The van der Waals surface area contributed by atoms with Crippen molar-refractivity contribution in [2.45, 2.75) is 33.1 Å². The summed E-state index contributed by atoms with van der Waals surface area (Å²) in [5.41, 5.74) is 3.56. The van der Waals surface area contributed by atoms with Gasteiger partial charge in [-0.25, -0.2) is 9.97 Å². The first-order chi connectivity index (χ1) is 11.7. The van der Waals surface area contributed by atoms with Crippen molar-refractivity contribution in [2.24, 2.45) is 5.92 Å². The topological polar surface area (TPSA) is 47.0 Å². The number of fused-ring (bicyclic) bond motifs is 3. The number of rotatable bonds is 3. The van der Waals surface area contributed by atoms with Gasteiger partial charge in [0.1, 0.15) is 22.7 Å². The van der Waals surface area contributed by atoms with Crippen molar-refractivity contribution in [1.82, 2.24) is 9.97 Å². The number of hydrogen-bond donors (Lipinski definition) is 1. The van der Waals surface area contributed by atoms with E-state index in [0.717, 1.165) is 40.8 Å². The zero-order valence-electron chi connectivity index (χ0n) is 14.2. The lowest BCUT2D eigenvalue weighted by Gasteiger charge is -2.18. The van der Waals surface area contributed by atoms with Gasteiger partial charge in [-0.05, 0) is 55.4 Å². The van der Waals surface area contributed by atoms with Crippen LogP contribution in [0.3, 0.4) is 0 Å². The van der Waals surface area contributed by atoms with Gasteiger partial charge in [0.15, 0.2) is 0 Å². The maximum absolute atomic E-state index is 5.49. The number of ether oxygens (including phenoxy) is 1. The van der Waals surface area contributed by atoms with Gasteiger partial charge in [0.05, 0.1) is 18.2 Å². The Hall–Kier alpha value is -2.14. The molecule has 124 valence electrons. The maximum atomic E-state index is 5.49. The normalized spacial score (nSPS) is 16.9. The van der Waals surface area contributed by atoms with Crippen molar-refractivity contribution in [3.63, 3.8) is 0 Å². The lowest BCUT2D eigenvalue weighted by molar-refractivity contribution is 0.416. The fourth-order valence-corrected chi connectivity index (χ4v) is 4.77. The molecule has 0 fully saturated rings. The molecule has 1 aliphatic carbocycles. The molecule has 0 saturated heterocycles. The largest absolute Gasteiger partial charge is 0.495 e. The molecule has 2 aromatic heterocycles. The highest BCUT2D eigenvalue weighted by Gasteiger charge is 2.23. The van der Waals surface area contributed by atoms with E-state index in [0.29, 0.717) is 0 Å². The molecule has 0 amide bonds. The Morgan fingerprint density at radius 3 is 3.00 bits per heavy atom. The standard InChI is InChI=1S/C19H21N3OS/c1-11-5-7-15(23-3)14(8-11)22-18-17-13-6-4-12(2)9-16(13)24-19(17)21-10-20-18/h5,7-8,10,12H,4,6,9H2,1-3H3,(H,20,21,22). The SMILES string of the molecule is COc1ccc(C)cc1Nc1ncnc2sc3c(c12)CCC(C)C3. The molecule has 1 aromatic carbocycles. The van der Waals surface area contributed by atoms with Gasteiger partial charge in [-0.15, -0.1) is 11.3 Å². The lowest BCUT2D eigenvalue weighted by Crippen LogP contribution is -2.09. The highest BCUT2D eigenvalue weighted by Crippen LogP contribution is 2.41. The second-order valence-corrected chi connectivity index (χ2v) is 7.67. The van der Waals surface area contributed by atoms with Gasteiger partial charge in [-0.1, -0.05) is 13.0 Å². The highest BCUT2D eigenvalue weighted by molar-refractivity contribution is 7.19. The van der Waals surface area contributed by atoms with E-state index in [4.69, 9.17) is 4.74 Å². The molecule has 3 aromatic rings. The zero-order chi connectivity index (χ0) is 16.7. The summed E-state index contributed by atoms with van der Waals surface area (Å²) in [4.78, 5) is 11.6. The number of anilines is 2. The van der Waals surface area contributed by atoms with Crippen molar-refractivity contribution in [3.8, 4) is 5.75 Å². The second kappa shape index (κ2) is 6.06. The molecule has 1 atom stereocenters. The first kappa shape index (κ1) is 15.4. The number of nitrogens with zero attached hydrogens (tertiary/aromatic N) is 2. The van der Waals surface area contributed by atoms with Crippen LogP contribution in [0.1, 0.15) is 29.3 Å². The molecular weight excluding hydrogens is 318 g/mol. The molecule has 1 aliphatic rings. The van der Waals surface area contributed by atoms with Crippen LogP contribution in [0.5, 0.6) is 5.75 Å². The second-order valence-electron chi connectivity index (χ2n) is 6.58. The molecule has 4 rings (SSSR count). The van der Waals surface area contributed by atoms with E-state index in [1.54, 1.807) is 13.4 Å². The Morgan fingerprint density at radius 1 is 1.29 bits per heavy atom. The fourth-order valence-electron chi connectivity index (χ4n) is 3.42. The maximum Gasteiger partial charge on any atom is 0.142 e. The monoisotopic (exact) mass is 339 g/mol. The predicted octanol–water partition coefficient (Wildman–Crippen LogP) is 4.88. The fraction of sp³-hybridized carbons (Fsp3) is 0.368. The Labute approximate surface area is 145 Å². The third kappa shape index (κ3) is 2.63. The minimum absolute atomic E-state index is 0.756. The van der Waals surface area contributed by atoms with E-state index in [2.05, 4.69) is 35.2 Å². The molecule has 0 radical (unpaired) electrons. The van der Waals surface area contributed by atoms with E-state index in [-0.39, 0.29) is 0 Å². The van der Waals surface area contributed by atoms with Crippen LogP contribution >= 0.6 is 11.3 Å². The number of aromatic nitrogens is 2. The van der Waals surface area contributed by atoms with Crippen LogP contribution in [0.4, 0.5) is 11.5 Å². The molecular formula is C19H21N3OS. The van der Waals surface area contributed by atoms with Crippen LogP contribution in [-0.4, -0.2) is 17.1 Å². The number of nitrogens with one attached hydrogen (secondary N) is 1. The molecule has 1 unspecified atom stereocenters. The van der Waals surface area contributed by atoms with Crippen molar-refractivity contribution >= 4 is 33.1 Å². The number of hydrogen-bond acceptors (Lipinski definition) is 5. The van der Waals surface area contributed by atoms with Gasteiger partial charge >= 0.3 is 0 Å². The van der Waals surface area contributed by atoms with E-state index in [9.17, 15) is 0 Å².